The van der Waals surface area contributed by atoms with E-state index in [1.54, 1.807) is 23.5 Å². The lowest BCUT2D eigenvalue weighted by Gasteiger charge is -2.25. The van der Waals surface area contributed by atoms with Crippen LogP contribution in [0.1, 0.15) is 35.6 Å². The Morgan fingerprint density at radius 2 is 1.88 bits per heavy atom. The molecule has 1 saturated heterocycles. The van der Waals surface area contributed by atoms with Gasteiger partial charge in [-0.05, 0) is 67.6 Å². The fourth-order valence-corrected chi connectivity index (χ4v) is 4.99. The molecule has 24 heavy (non-hydrogen) atoms. The topological polar surface area (TPSA) is 46.6 Å². The van der Waals surface area contributed by atoms with Crippen LogP contribution in [0.15, 0.2) is 47.4 Å². The molecule has 3 rings (SSSR count). The molecule has 0 N–H and O–H groups in total. The summed E-state index contributed by atoms with van der Waals surface area (Å²) in [7, 11) is -1.88. The monoisotopic (exact) mass is 345 g/mol. The van der Waals surface area contributed by atoms with Crippen LogP contribution in [0, 0.1) is 13.8 Å². The quantitative estimate of drug-likeness (QED) is 0.846. The van der Waals surface area contributed by atoms with Gasteiger partial charge in [0.1, 0.15) is 5.75 Å². The maximum absolute atomic E-state index is 13.1. The maximum Gasteiger partial charge on any atom is 0.243 e. The van der Waals surface area contributed by atoms with Gasteiger partial charge in [0, 0.05) is 6.54 Å². The van der Waals surface area contributed by atoms with E-state index < -0.39 is 10.0 Å². The fraction of sp³-hybridized carbons (Fsp3) is 0.368. The summed E-state index contributed by atoms with van der Waals surface area (Å²) in [6, 6.07) is 12.9. The van der Waals surface area contributed by atoms with Crippen molar-refractivity contribution in [3.63, 3.8) is 0 Å². The predicted octanol–water partition coefficient (Wildman–Crippen LogP) is 3.84. The highest BCUT2D eigenvalue weighted by molar-refractivity contribution is 7.89. The zero-order valence-electron chi connectivity index (χ0n) is 14.3. The fourth-order valence-electron chi connectivity index (χ4n) is 3.22. The summed E-state index contributed by atoms with van der Waals surface area (Å²) in [5.74, 6) is 0.753. The SMILES string of the molecule is COc1cccc([C@@H]2CCCN2S(=O)(=O)c2ccc(C)c(C)c2)c1. The first-order valence-corrected chi connectivity index (χ1v) is 9.60. The molecule has 0 radical (unpaired) electrons. The summed E-state index contributed by atoms with van der Waals surface area (Å²) in [5, 5.41) is 0. The van der Waals surface area contributed by atoms with Gasteiger partial charge >= 0.3 is 0 Å². The minimum Gasteiger partial charge on any atom is -0.497 e. The summed E-state index contributed by atoms with van der Waals surface area (Å²) in [5.41, 5.74) is 3.08. The van der Waals surface area contributed by atoms with Gasteiger partial charge in [0.05, 0.1) is 18.0 Å². The van der Waals surface area contributed by atoms with Crippen molar-refractivity contribution in [1.29, 1.82) is 0 Å². The van der Waals surface area contributed by atoms with Crippen molar-refractivity contribution in [2.24, 2.45) is 0 Å². The molecule has 2 aromatic rings. The van der Waals surface area contributed by atoms with Crippen molar-refractivity contribution >= 4 is 10.0 Å². The van der Waals surface area contributed by atoms with E-state index in [1.807, 2.05) is 44.2 Å². The van der Waals surface area contributed by atoms with Crippen LogP contribution in [0.5, 0.6) is 5.75 Å². The molecule has 4 nitrogen and oxygen atoms in total. The molecule has 1 fully saturated rings. The number of nitrogens with zero attached hydrogens (tertiary/aromatic N) is 1. The van der Waals surface area contributed by atoms with Crippen molar-refractivity contribution in [2.75, 3.05) is 13.7 Å². The summed E-state index contributed by atoms with van der Waals surface area (Å²) in [6.07, 6.45) is 1.70. The Balaban J connectivity index is 1.98. The Morgan fingerprint density at radius 1 is 1.08 bits per heavy atom. The number of ether oxygens (including phenoxy) is 1. The second-order valence-electron chi connectivity index (χ2n) is 6.30. The van der Waals surface area contributed by atoms with Gasteiger partial charge in [-0.25, -0.2) is 8.42 Å². The average Bonchev–Trinajstić information content (AvgIpc) is 3.08. The average molecular weight is 345 g/mol. The first kappa shape index (κ1) is 17.0. The number of sulfonamides is 1. The zero-order valence-corrected chi connectivity index (χ0v) is 15.1. The van der Waals surface area contributed by atoms with Crippen LogP contribution >= 0.6 is 0 Å². The van der Waals surface area contributed by atoms with E-state index in [2.05, 4.69) is 0 Å². The largest absolute Gasteiger partial charge is 0.497 e. The third kappa shape index (κ3) is 3.06. The number of aryl methyl sites for hydroxylation is 2. The minimum atomic E-state index is -3.50. The third-order valence-corrected chi connectivity index (χ3v) is 6.67. The Morgan fingerprint density at radius 3 is 2.58 bits per heavy atom. The highest BCUT2D eigenvalue weighted by atomic mass is 32.2. The Bertz CT molecular complexity index is 845. The Kier molecular flexibility index (Phi) is 4.65. The molecule has 1 atom stereocenters. The van der Waals surface area contributed by atoms with Crippen molar-refractivity contribution < 1.29 is 13.2 Å². The van der Waals surface area contributed by atoms with Gasteiger partial charge in [-0.3, -0.25) is 0 Å². The van der Waals surface area contributed by atoms with Crippen molar-refractivity contribution in [3.8, 4) is 5.75 Å². The smallest absolute Gasteiger partial charge is 0.243 e. The van der Waals surface area contributed by atoms with Gasteiger partial charge < -0.3 is 4.74 Å². The van der Waals surface area contributed by atoms with Crippen LogP contribution in [0.25, 0.3) is 0 Å². The first-order valence-electron chi connectivity index (χ1n) is 8.16. The zero-order chi connectivity index (χ0) is 17.3. The van der Waals surface area contributed by atoms with Crippen LogP contribution in [-0.4, -0.2) is 26.4 Å². The van der Waals surface area contributed by atoms with Crippen molar-refractivity contribution in [3.05, 3.63) is 59.2 Å². The Labute approximate surface area is 144 Å². The lowest BCUT2D eigenvalue weighted by molar-refractivity contribution is 0.390. The van der Waals surface area contributed by atoms with E-state index in [4.69, 9.17) is 4.74 Å². The van der Waals surface area contributed by atoms with Gasteiger partial charge in [0.25, 0.3) is 0 Å². The van der Waals surface area contributed by atoms with Gasteiger partial charge in [-0.15, -0.1) is 0 Å². The molecule has 0 saturated carbocycles. The van der Waals surface area contributed by atoms with E-state index >= 15 is 0 Å². The van der Waals surface area contributed by atoms with Gasteiger partial charge in [0.15, 0.2) is 0 Å². The lowest BCUT2D eigenvalue weighted by Crippen LogP contribution is -2.30. The minimum absolute atomic E-state index is 0.133. The molecule has 5 heteroatoms. The second kappa shape index (κ2) is 6.57. The summed E-state index contributed by atoms with van der Waals surface area (Å²) >= 11 is 0. The molecule has 0 amide bonds. The molecular weight excluding hydrogens is 322 g/mol. The van der Waals surface area contributed by atoms with Gasteiger partial charge in [-0.2, -0.15) is 4.31 Å². The van der Waals surface area contributed by atoms with Crippen LogP contribution in [-0.2, 0) is 10.0 Å². The standard InChI is InChI=1S/C19H23NO3S/c1-14-9-10-18(12-15(14)2)24(21,22)20-11-5-8-19(20)16-6-4-7-17(13-16)23-3/h4,6-7,9-10,12-13,19H,5,8,11H2,1-3H3/t19-/m0/s1. The molecule has 1 aliphatic heterocycles. The highest BCUT2D eigenvalue weighted by Crippen LogP contribution is 2.37. The molecule has 1 aliphatic rings. The molecule has 0 spiro atoms. The lowest BCUT2D eigenvalue weighted by atomic mass is 10.1. The van der Waals surface area contributed by atoms with E-state index in [9.17, 15) is 8.42 Å². The summed E-state index contributed by atoms with van der Waals surface area (Å²) < 4.78 is 33.2. The first-order chi connectivity index (χ1) is 11.4. The van der Waals surface area contributed by atoms with Crippen molar-refractivity contribution in [2.45, 2.75) is 37.6 Å². The summed E-state index contributed by atoms with van der Waals surface area (Å²) in [6.45, 7) is 4.48. The normalized spacial score (nSPS) is 18.7. The van der Waals surface area contributed by atoms with Crippen LogP contribution in [0.2, 0.25) is 0 Å². The number of hydrogen-bond acceptors (Lipinski definition) is 3. The number of hydrogen-bond donors (Lipinski definition) is 0. The maximum atomic E-state index is 13.1. The van der Waals surface area contributed by atoms with E-state index in [1.165, 1.54) is 0 Å². The van der Waals surface area contributed by atoms with Crippen LogP contribution in [0.4, 0.5) is 0 Å². The summed E-state index contributed by atoms with van der Waals surface area (Å²) in [4.78, 5) is 0.375. The highest BCUT2D eigenvalue weighted by Gasteiger charge is 2.36. The molecule has 0 bridgehead atoms. The Hall–Kier alpha value is -1.85. The molecule has 0 aromatic heterocycles. The van der Waals surface area contributed by atoms with Gasteiger partial charge in [0.2, 0.25) is 10.0 Å². The molecular formula is C19H23NO3S. The third-order valence-electron chi connectivity index (χ3n) is 4.77. The van der Waals surface area contributed by atoms with Gasteiger partial charge in [-0.1, -0.05) is 18.2 Å². The predicted molar refractivity (Wildman–Crippen MR) is 94.8 cm³/mol. The van der Waals surface area contributed by atoms with E-state index in [-0.39, 0.29) is 6.04 Å². The van der Waals surface area contributed by atoms with Crippen LogP contribution < -0.4 is 4.74 Å². The molecule has 2 aromatic carbocycles. The molecule has 128 valence electrons. The number of benzene rings is 2. The van der Waals surface area contributed by atoms with Crippen molar-refractivity contribution in [1.82, 2.24) is 4.31 Å². The number of methoxy groups -OCH3 is 1. The number of rotatable bonds is 4. The second-order valence-corrected chi connectivity index (χ2v) is 8.19. The molecule has 1 heterocycles. The van der Waals surface area contributed by atoms with E-state index in [0.717, 1.165) is 35.3 Å². The molecule has 0 unspecified atom stereocenters. The van der Waals surface area contributed by atoms with E-state index in [0.29, 0.717) is 11.4 Å². The molecule has 0 aliphatic carbocycles. The van der Waals surface area contributed by atoms with Crippen LogP contribution in [0.3, 0.4) is 0 Å².